The molecule has 1 amide bonds. The molecule has 0 heterocycles. The molecule has 0 aromatic heterocycles. The average Bonchev–Trinajstić information content (AvgIpc) is 2.14. The van der Waals surface area contributed by atoms with Crippen molar-refractivity contribution in [3.63, 3.8) is 0 Å². The number of halogens is 1. The highest BCUT2D eigenvalue weighted by Crippen LogP contribution is 2.17. The molecule has 0 aromatic rings. The standard InChI is InChI=1S/C10H20ClNO2S/c1-8(5-6-15(4)14)12-9(13)10(2,3)7-11/h8H,5-7H2,1-4H3,(H,12,13). The van der Waals surface area contributed by atoms with Crippen molar-refractivity contribution >= 4 is 28.3 Å². The van der Waals surface area contributed by atoms with Crippen LogP contribution in [-0.2, 0) is 15.6 Å². The highest BCUT2D eigenvalue weighted by atomic mass is 35.5. The zero-order valence-electron chi connectivity index (χ0n) is 9.80. The van der Waals surface area contributed by atoms with Crippen LogP contribution in [0.3, 0.4) is 0 Å². The number of rotatable bonds is 6. The van der Waals surface area contributed by atoms with E-state index in [9.17, 15) is 9.00 Å². The minimum Gasteiger partial charge on any atom is -0.353 e. The largest absolute Gasteiger partial charge is 0.353 e. The van der Waals surface area contributed by atoms with Crippen LogP contribution in [0.15, 0.2) is 0 Å². The highest BCUT2D eigenvalue weighted by molar-refractivity contribution is 7.84. The lowest BCUT2D eigenvalue weighted by Gasteiger charge is -2.23. The number of hydrogen-bond donors (Lipinski definition) is 1. The number of hydrogen-bond acceptors (Lipinski definition) is 2. The monoisotopic (exact) mass is 253 g/mol. The molecule has 2 atom stereocenters. The number of carbonyl (C=O) groups is 1. The summed E-state index contributed by atoms with van der Waals surface area (Å²) in [6.45, 7) is 5.52. The summed E-state index contributed by atoms with van der Waals surface area (Å²) in [5, 5.41) is 2.87. The lowest BCUT2D eigenvalue weighted by atomic mass is 9.95. The summed E-state index contributed by atoms with van der Waals surface area (Å²) in [4.78, 5) is 11.7. The molecular formula is C10H20ClNO2S. The molecule has 0 fully saturated rings. The van der Waals surface area contributed by atoms with Crippen LogP contribution in [0.1, 0.15) is 27.2 Å². The first-order chi connectivity index (χ1) is 6.79. The van der Waals surface area contributed by atoms with E-state index in [4.69, 9.17) is 11.6 Å². The summed E-state index contributed by atoms with van der Waals surface area (Å²) >= 11 is 5.69. The summed E-state index contributed by atoms with van der Waals surface area (Å²) in [7, 11) is -0.801. The van der Waals surface area contributed by atoms with Gasteiger partial charge in [-0.15, -0.1) is 11.6 Å². The molecule has 0 saturated heterocycles. The van der Waals surface area contributed by atoms with E-state index < -0.39 is 16.2 Å². The molecule has 1 N–H and O–H groups in total. The van der Waals surface area contributed by atoms with Gasteiger partial charge in [0.2, 0.25) is 5.91 Å². The van der Waals surface area contributed by atoms with Gasteiger partial charge < -0.3 is 5.32 Å². The van der Waals surface area contributed by atoms with E-state index in [1.165, 1.54) is 0 Å². The molecule has 0 aliphatic rings. The van der Waals surface area contributed by atoms with Gasteiger partial charge in [-0.25, -0.2) is 0 Å². The van der Waals surface area contributed by atoms with Crippen LogP contribution < -0.4 is 5.32 Å². The highest BCUT2D eigenvalue weighted by Gasteiger charge is 2.27. The van der Waals surface area contributed by atoms with Crippen LogP contribution >= 0.6 is 11.6 Å². The van der Waals surface area contributed by atoms with Crippen molar-refractivity contribution in [1.82, 2.24) is 5.32 Å². The van der Waals surface area contributed by atoms with Crippen LogP contribution in [0, 0.1) is 5.41 Å². The summed E-state index contributed by atoms with van der Waals surface area (Å²) in [5.41, 5.74) is -0.540. The minimum atomic E-state index is -0.801. The van der Waals surface area contributed by atoms with Crippen molar-refractivity contribution in [3.05, 3.63) is 0 Å². The van der Waals surface area contributed by atoms with Gasteiger partial charge in [-0.05, 0) is 27.2 Å². The SMILES string of the molecule is CC(CCS(C)=O)NC(=O)C(C)(C)CCl. The zero-order valence-corrected chi connectivity index (χ0v) is 11.4. The molecule has 0 bridgehead atoms. The van der Waals surface area contributed by atoms with E-state index >= 15 is 0 Å². The van der Waals surface area contributed by atoms with Gasteiger partial charge in [-0.1, -0.05) is 0 Å². The maximum Gasteiger partial charge on any atom is 0.227 e. The van der Waals surface area contributed by atoms with Gasteiger partial charge in [-0.3, -0.25) is 9.00 Å². The second-order valence-corrected chi connectivity index (χ2v) is 6.28. The lowest BCUT2D eigenvalue weighted by molar-refractivity contribution is -0.128. The number of carbonyl (C=O) groups excluding carboxylic acids is 1. The fourth-order valence-corrected chi connectivity index (χ4v) is 1.70. The molecule has 0 saturated carbocycles. The Labute approximate surface area is 99.4 Å². The summed E-state index contributed by atoms with van der Waals surface area (Å²) < 4.78 is 10.9. The Morgan fingerprint density at radius 3 is 2.47 bits per heavy atom. The van der Waals surface area contributed by atoms with E-state index in [1.54, 1.807) is 20.1 Å². The van der Waals surface area contributed by atoms with Crippen LogP contribution in [0.25, 0.3) is 0 Å². The Bertz CT molecular complexity index is 244. The molecular weight excluding hydrogens is 234 g/mol. The van der Waals surface area contributed by atoms with E-state index in [2.05, 4.69) is 5.32 Å². The second kappa shape index (κ2) is 6.48. The third-order valence-corrected chi connectivity index (χ3v) is 3.64. The average molecular weight is 254 g/mol. The fourth-order valence-electron chi connectivity index (χ4n) is 0.895. The van der Waals surface area contributed by atoms with Gasteiger partial charge in [0, 0.05) is 34.7 Å². The van der Waals surface area contributed by atoms with Gasteiger partial charge in [-0.2, -0.15) is 0 Å². The van der Waals surface area contributed by atoms with Gasteiger partial charge in [0.25, 0.3) is 0 Å². The van der Waals surface area contributed by atoms with E-state index in [-0.39, 0.29) is 11.9 Å². The van der Waals surface area contributed by atoms with Gasteiger partial charge in [0.05, 0.1) is 5.41 Å². The van der Waals surface area contributed by atoms with Crippen LogP contribution in [-0.4, -0.2) is 34.0 Å². The van der Waals surface area contributed by atoms with Crippen molar-refractivity contribution in [2.45, 2.75) is 33.2 Å². The maximum absolute atomic E-state index is 11.7. The molecule has 90 valence electrons. The number of alkyl halides is 1. The first-order valence-corrected chi connectivity index (χ1v) is 7.22. The molecule has 3 nitrogen and oxygen atoms in total. The Morgan fingerprint density at radius 2 is 2.07 bits per heavy atom. The predicted octanol–water partition coefficient (Wildman–Crippen LogP) is 1.52. The third kappa shape index (κ3) is 6.15. The fraction of sp³-hybridized carbons (Fsp3) is 0.900. The van der Waals surface area contributed by atoms with Crippen molar-refractivity contribution in [1.29, 1.82) is 0 Å². The van der Waals surface area contributed by atoms with E-state index in [0.29, 0.717) is 11.6 Å². The topological polar surface area (TPSA) is 46.2 Å². The van der Waals surface area contributed by atoms with Gasteiger partial charge in [0.15, 0.2) is 0 Å². The van der Waals surface area contributed by atoms with E-state index in [1.807, 2.05) is 6.92 Å². The Kier molecular flexibility index (Phi) is 6.44. The number of nitrogens with one attached hydrogen (secondary N) is 1. The quantitative estimate of drug-likeness (QED) is 0.730. The Balaban J connectivity index is 4.01. The summed E-state index contributed by atoms with van der Waals surface area (Å²) in [6.07, 6.45) is 2.39. The first-order valence-electron chi connectivity index (χ1n) is 4.96. The van der Waals surface area contributed by atoms with Gasteiger partial charge >= 0.3 is 0 Å². The van der Waals surface area contributed by atoms with Crippen molar-refractivity contribution < 1.29 is 9.00 Å². The summed E-state index contributed by atoms with van der Waals surface area (Å²) in [5.74, 6) is 0.862. The van der Waals surface area contributed by atoms with E-state index in [0.717, 1.165) is 6.42 Å². The molecule has 0 aliphatic carbocycles. The zero-order chi connectivity index (χ0) is 12.1. The minimum absolute atomic E-state index is 0.0453. The summed E-state index contributed by atoms with van der Waals surface area (Å²) in [6, 6.07) is 0.0453. The molecule has 5 heteroatoms. The molecule has 2 unspecified atom stereocenters. The van der Waals surface area contributed by atoms with Crippen LogP contribution in [0.4, 0.5) is 0 Å². The maximum atomic E-state index is 11.7. The van der Waals surface area contributed by atoms with Crippen LogP contribution in [0.5, 0.6) is 0 Å². The van der Waals surface area contributed by atoms with Crippen molar-refractivity contribution in [3.8, 4) is 0 Å². The van der Waals surface area contributed by atoms with Gasteiger partial charge in [0.1, 0.15) is 0 Å². The normalized spacial score (nSPS) is 15.8. The molecule has 0 spiro atoms. The van der Waals surface area contributed by atoms with Crippen molar-refractivity contribution in [2.75, 3.05) is 17.9 Å². The molecule has 0 radical (unpaired) electrons. The predicted molar refractivity (Wildman–Crippen MR) is 65.7 cm³/mol. The van der Waals surface area contributed by atoms with Crippen LogP contribution in [0.2, 0.25) is 0 Å². The molecule has 0 aliphatic heterocycles. The lowest BCUT2D eigenvalue weighted by Crippen LogP contribution is -2.43. The first kappa shape index (κ1) is 14.9. The molecule has 0 aromatic carbocycles. The smallest absolute Gasteiger partial charge is 0.227 e. The number of amides is 1. The Morgan fingerprint density at radius 1 is 1.53 bits per heavy atom. The molecule has 0 rings (SSSR count). The second-order valence-electron chi connectivity index (χ2n) is 4.46. The molecule has 15 heavy (non-hydrogen) atoms. The third-order valence-electron chi connectivity index (χ3n) is 2.16. The Hall–Kier alpha value is -0.0900. The van der Waals surface area contributed by atoms with Crippen molar-refractivity contribution in [2.24, 2.45) is 5.41 Å².